The maximum Gasteiger partial charge on any atom is 0.250 e. The van der Waals surface area contributed by atoms with Crippen molar-refractivity contribution in [1.82, 2.24) is 10.3 Å². The van der Waals surface area contributed by atoms with Crippen LogP contribution in [0.5, 0.6) is 0 Å². The Morgan fingerprint density at radius 3 is 2.54 bits per heavy atom. The molecule has 0 saturated carbocycles. The van der Waals surface area contributed by atoms with E-state index in [9.17, 15) is 9.59 Å². The summed E-state index contributed by atoms with van der Waals surface area (Å²) in [5, 5.41) is 0. The first-order valence-electron chi connectivity index (χ1n) is 4.41. The first kappa shape index (κ1) is 10.1. The summed E-state index contributed by atoms with van der Waals surface area (Å²) in [5.74, 6) is 5.09. The predicted octanol–water partition coefficient (Wildman–Crippen LogP) is -0.970. The quantitative estimate of drug-likeness (QED) is 0.330. The zero-order valence-electron chi connectivity index (χ0n) is 7.75. The number of nitrogens with zero attached hydrogens (tertiary/aromatic N) is 1. The average Bonchev–Trinajstić information content (AvgIpc) is 2.17. The van der Waals surface area contributed by atoms with E-state index in [4.69, 9.17) is 5.84 Å². The van der Waals surface area contributed by atoms with Gasteiger partial charge in [0.25, 0.3) is 5.91 Å². The van der Waals surface area contributed by atoms with Crippen molar-refractivity contribution in [2.45, 2.75) is 25.8 Å². The van der Waals surface area contributed by atoms with Crippen LogP contribution in [0.2, 0.25) is 0 Å². The minimum atomic E-state index is -0.238. The van der Waals surface area contributed by atoms with Crippen molar-refractivity contribution in [2.75, 3.05) is 13.1 Å². The second-order valence-corrected chi connectivity index (χ2v) is 3.26. The summed E-state index contributed by atoms with van der Waals surface area (Å²) < 4.78 is 0. The van der Waals surface area contributed by atoms with Crippen LogP contribution in [0.1, 0.15) is 19.8 Å². The van der Waals surface area contributed by atoms with Crippen LogP contribution >= 0.6 is 0 Å². The average molecular weight is 185 g/mol. The van der Waals surface area contributed by atoms with Crippen LogP contribution in [-0.4, -0.2) is 35.7 Å². The van der Waals surface area contributed by atoms with Gasteiger partial charge in [-0.15, -0.1) is 0 Å². The van der Waals surface area contributed by atoms with E-state index in [2.05, 4.69) is 5.43 Å². The summed E-state index contributed by atoms with van der Waals surface area (Å²) in [6, 6.07) is -0.238. The number of rotatable bonds is 2. The number of piperidine rings is 1. The molecule has 13 heavy (non-hydrogen) atoms. The fourth-order valence-electron chi connectivity index (χ4n) is 1.45. The number of amides is 1. The molecular weight excluding hydrogens is 170 g/mol. The maximum absolute atomic E-state index is 11.1. The number of hydrogen-bond acceptors (Lipinski definition) is 4. The van der Waals surface area contributed by atoms with Crippen LogP contribution < -0.4 is 11.3 Å². The largest absolute Gasteiger partial charge is 0.300 e. The molecule has 0 aromatic heterocycles. The van der Waals surface area contributed by atoms with E-state index < -0.39 is 0 Å². The highest BCUT2D eigenvalue weighted by Crippen LogP contribution is 2.09. The molecule has 0 aromatic rings. The fourth-order valence-corrected chi connectivity index (χ4v) is 1.45. The van der Waals surface area contributed by atoms with Crippen LogP contribution in [0.15, 0.2) is 0 Å². The van der Waals surface area contributed by atoms with Gasteiger partial charge < -0.3 is 0 Å². The minimum Gasteiger partial charge on any atom is -0.300 e. The van der Waals surface area contributed by atoms with E-state index in [1.165, 1.54) is 0 Å². The lowest BCUT2D eigenvalue weighted by molar-refractivity contribution is -0.129. The number of hydrazine groups is 1. The number of carbonyl (C=O) groups excluding carboxylic acids is 2. The first-order chi connectivity index (χ1) is 6.15. The van der Waals surface area contributed by atoms with Crippen molar-refractivity contribution in [2.24, 2.45) is 5.84 Å². The lowest BCUT2D eigenvalue weighted by atomic mass is 10.1. The van der Waals surface area contributed by atoms with Gasteiger partial charge in [0.15, 0.2) is 0 Å². The molecule has 74 valence electrons. The maximum atomic E-state index is 11.1. The van der Waals surface area contributed by atoms with Gasteiger partial charge in [-0.25, -0.2) is 5.84 Å². The summed E-state index contributed by atoms with van der Waals surface area (Å²) >= 11 is 0. The zero-order valence-corrected chi connectivity index (χ0v) is 7.75. The van der Waals surface area contributed by atoms with E-state index in [0.717, 1.165) is 0 Å². The lowest BCUT2D eigenvalue weighted by Crippen LogP contribution is -2.50. The second-order valence-electron chi connectivity index (χ2n) is 3.26. The third-order valence-corrected chi connectivity index (χ3v) is 2.43. The molecule has 1 atom stereocenters. The molecule has 0 radical (unpaired) electrons. The Bertz CT molecular complexity index is 207. The molecule has 1 fully saturated rings. The van der Waals surface area contributed by atoms with Gasteiger partial charge in [-0.2, -0.15) is 0 Å². The molecule has 0 spiro atoms. The normalized spacial score (nSPS) is 21.2. The fraction of sp³-hybridized carbons (Fsp3) is 0.750. The van der Waals surface area contributed by atoms with Gasteiger partial charge in [0.1, 0.15) is 5.78 Å². The van der Waals surface area contributed by atoms with Crippen LogP contribution in [0, 0.1) is 0 Å². The van der Waals surface area contributed by atoms with Crippen molar-refractivity contribution < 1.29 is 9.59 Å². The number of nitrogens with two attached hydrogens (primary N) is 1. The Kier molecular flexibility index (Phi) is 3.39. The molecule has 1 unspecified atom stereocenters. The van der Waals surface area contributed by atoms with E-state index in [-0.39, 0.29) is 17.7 Å². The van der Waals surface area contributed by atoms with Gasteiger partial charge >= 0.3 is 0 Å². The van der Waals surface area contributed by atoms with Crippen LogP contribution in [0.3, 0.4) is 0 Å². The smallest absolute Gasteiger partial charge is 0.250 e. The topological polar surface area (TPSA) is 75.4 Å². The van der Waals surface area contributed by atoms with E-state index >= 15 is 0 Å². The first-order valence-corrected chi connectivity index (χ1v) is 4.41. The third-order valence-electron chi connectivity index (χ3n) is 2.43. The highest BCUT2D eigenvalue weighted by atomic mass is 16.2. The Morgan fingerprint density at radius 2 is 2.08 bits per heavy atom. The van der Waals surface area contributed by atoms with Gasteiger partial charge in [0.05, 0.1) is 6.04 Å². The predicted molar refractivity (Wildman–Crippen MR) is 47.6 cm³/mol. The lowest BCUT2D eigenvalue weighted by Gasteiger charge is -2.30. The van der Waals surface area contributed by atoms with Crippen LogP contribution in [-0.2, 0) is 9.59 Å². The molecule has 3 N–H and O–H groups in total. The number of carbonyl (C=O) groups is 2. The van der Waals surface area contributed by atoms with Crippen LogP contribution in [0.4, 0.5) is 0 Å². The molecule has 0 aromatic carbocycles. The van der Waals surface area contributed by atoms with Gasteiger partial charge in [-0.1, -0.05) is 0 Å². The molecule has 1 heterocycles. The molecule has 0 bridgehead atoms. The van der Waals surface area contributed by atoms with E-state index in [1.54, 1.807) is 6.92 Å². The number of hydrogen-bond donors (Lipinski definition) is 2. The van der Waals surface area contributed by atoms with E-state index in [1.807, 2.05) is 4.90 Å². The highest BCUT2D eigenvalue weighted by Gasteiger charge is 2.24. The van der Waals surface area contributed by atoms with Gasteiger partial charge in [0, 0.05) is 25.9 Å². The van der Waals surface area contributed by atoms with Crippen molar-refractivity contribution in [3.05, 3.63) is 0 Å². The van der Waals surface area contributed by atoms with Gasteiger partial charge in [-0.3, -0.25) is 19.9 Å². The number of likely N-dealkylation sites (tertiary alicyclic amines) is 1. The van der Waals surface area contributed by atoms with Crippen molar-refractivity contribution >= 4 is 11.7 Å². The molecule has 0 aliphatic carbocycles. The van der Waals surface area contributed by atoms with Crippen molar-refractivity contribution in [3.8, 4) is 0 Å². The summed E-state index contributed by atoms with van der Waals surface area (Å²) in [4.78, 5) is 24.0. The number of nitrogens with one attached hydrogen (secondary N) is 1. The standard InChI is InChI=1S/C8H15N3O2/c1-6(8(13)10-9)11-4-2-7(12)3-5-11/h6H,2-5,9H2,1H3,(H,10,13). The Hall–Kier alpha value is -0.940. The summed E-state index contributed by atoms with van der Waals surface area (Å²) in [6.07, 6.45) is 1.09. The summed E-state index contributed by atoms with van der Waals surface area (Å²) in [7, 11) is 0. The highest BCUT2D eigenvalue weighted by molar-refractivity contribution is 5.82. The molecule has 1 amide bonds. The Balaban J connectivity index is 2.44. The summed E-state index contributed by atoms with van der Waals surface area (Å²) in [6.45, 7) is 3.11. The SMILES string of the molecule is CC(C(=O)NN)N1CCC(=O)CC1. The third kappa shape index (κ3) is 2.50. The minimum absolute atomic E-state index is 0.200. The van der Waals surface area contributed by atoms with Crippen LogP contribution in [0.25, 0.3) is 0 Å². The number of Topliss-reactive ketones (excluding diaryl/α,β-unsaturated/α-hetero) is 1. The molecule has 1 saturated heterocycles. The van der Waals surface area contributed by atoms with Gasteiger partial charge in [0.2, 0.25) is 0 Å². The van der Waals surface area contributed by atoms with Crippen molar-refractivity contribution in [3.63, 3.8) is 0 Å². The number of ketones is 1. The summed E-state index contributed by atoms with van der Waals surface area (Å²) in [5.41, 5.74) is 2.11. The van der Waals surface area contributed by atoms with E-state index in [0.29, 0.717) is 25.9 Å². The second kappa shape index (κ2) is 4.34. The molecule has 1 aliphatic rings. The molecular formula is C8H15N3O2. The van der Waals surface area contributed by atoms with Gasteiger partial charge in [-0.05, 0) is 6.92 Å². The Labute approximate surface area is 77.2 Å². The zero-order chi connectivity index (χ0) is 9.84. The monoisotopic (exact) mass is 185 g/mol. The Morgan fingerprint density at radius 1 is 1.54 bits per heavy atom. The molecule has 1 aliphatic heterocycles. The molecule has 5 heteroatoms. The molecule has 1 rings (SSSR count). The van der Waals surface area contributed by atoms with Crippen molar-refractivity contribution in [1.29, 1.82) is 0 Å². The molecule has 5 nitrogen and oxygen atoms in total.